The standard InChI is InChI=1S/C20H23N3O2S/c24-19-17-8-9-22(20(25)18-7-4-14-26-18)12-10-21(17)11-13-23(19)15-16-5-2-1-3-6-16/h1-7,14,17H,8-13,15H2. The van der Waals surface area contributed by atoms with Gasteiger partial charge in [-0.15, -0.1) is 11.3 Å². The number of benzene rings is 1. The van der Waals surface area contributed by atoms with Gasteiger partial charge in [0.15, 0.2) is 0 Å². The molecular formula is C20H23N3O2S. The minimum atomic E-state index is -0.103. The molecule has 2 fully saturated rings. The van der Waals surface area contributed by atoms with Crippen molar-refractivity contribution in [3.63, 3.8) is 0 Å². The van der Waals surface area contributed by atoms with Crippen molar-refractivity contribution < 1.29 is 9.59 Å². The highest BCUT2D eigenvalue weighted by molar-refractivity contribution is 7.12. The first kappa shape index (κ1) is 17.2. The van der Waals surface area contributed by atoms with Crippen LogP contribution in [0, 0.1) is 0 Å². The van der Waals surface area contributed by atoms with Crippen LogP contribution in [0.3, 0.4) is 0 Å². The number of nitrogens with zero attached hydrogens (tertiary/aromatic N) is 3. The topological polar surface area (TPSA) is 43.9 Å². The van der Waals surface area contributed by atoms with E-state index in [-0.39, 0.29) is 17.9 Å². The largest absolute Gasteiger partial charge is 0.337 e. The Labute approximate surface area is 157 Å². The first-order valence-corrected chi connectivity index (χ1v) is 10.00. The van der Waals surface area contributed by atoms with Crippen LogP contribution in [0.2, 0.25) is 0 Å². The van der Waals surface area contributed by atoms with Crippen molar-refractivity contribution in [2.24, 2.45) is 0 Å². The number of carbonyl (C=O) groups is 2. The molecule has 26 heavy (non-hydrogen) atoms. The Morgan fingerprint density at radius 2 is 1.81 bits per heavy atom. The first-order valence-electron chi connectivity index (χ1n) is 9.12. The summed E-state index contributed by atoms with van der Waals surface area (Å²) in [6, 6.07) is 13.8. The molecule has 1 aromatic heterocycles. The van der Waals surface area contributed by atoms with Crippen molar-refractivity contribution in [1.29, 1.82) is 0 Å². The monoisotopic (exact) mass is 369 g/mol. The van der Waals surface area contributed by atoms with Gasteiger partial charge in [-0.3, -0.25) is 14.5 Å². The smallest absolute Gasteiger partial charge is 0.263 e. The number of fused-ring (bicyclic) bond motifs is 1. The average molecular weight is 369 g/mol. The quantitative estimate of drug-likeness (QED) is 0.834. The Balaban J connectivity index is 1.42. The van der Waals surface area contributed by atoms with E-state index in [2.05, 4.69) is 17.0 Å². The van der Waals surface area contributed by atoms with Crippen molar-refractivity contribution in [1.82, 2.24) is 14.7 Å². The fourth-order valence-electron chi connectivity index (χ4n) is 3.81. The van der Waals surface area contributed by atoms with E-state index in [0.717, 1.165) is 30.1 Å². The van der Waals surface area contributed by atoms with Crippen molar-refractivity contribution in [2.75, 3.05) is 32.7 Å². The second kappa shape index (κ2) is 7.60. The number of carbonyl (C=O) groups excluding carboxylic acids is 2. The number of hydrogen-bond donors (Lipinski definition) is 0. The van der Waals surface area contributed by atoms with Crippen LogP contribution in [-0.4, -0.2) is 65.3 Å². The Kier molecular flexibility index (Phi) is 5.04. The molecule has 0 radical (unpaired) electrons. The first-order chi connectivity index (χ1) is 12.7. The lowest BCUT2D eigenvalue weighted by atomic mass is 10.1. The van der Waals surface area contributed by atoms with Gasteiger partial charge < -0.3 is 9.80 Å². The van der Waals surface area contributed by atoms with Crippen molar-refractivity contribution >= 4 is 23.2 Å². The van der Waals surface area contributed by atoms with Gasteiger partial charge >= 0.3 is 0 Å². The minimum absolute atomic E-state index is 0.0911. The fourth-order valence-corrected chi connectivity index (χ4v) is 4.51. The third-order valence-corrected chi connectivity index (χ3v) is 6.12. The highest BCUT2D eigenvalue weighted by Crippen LogP contribution is 2.21. The second-order valence-electron chi connectivity index (χ2n) is 6.86. The lowest BCUT2D eigenvalue weighted by Gasteiger charge is -2.39. The van der Waals surface area contributed by atoms with Gasteiger partial charge in [-0.1, -0.05) is 36.4 Å². The molecular weight excluding hydrogens is 346 g/mol. The Morgan fingerprint density at radius 3 is 2.58 bits per heavy atom. The maximum absolute atomic E-state index is 13.0. The molecule has 0 bridgehead atoms. The lowest BCUT2D eigenvalue weighted by Crippen LogP contribution is -2.56. The molecule has 2 aliphatic rings. The number of hydrogen-bond acceptors (Lipinski definition) is 4. The zero-order chi connectivity index (χ0) is 17.9. The van der Waals surface area contributed by atoms with Gasteiger partial charge in [0.05, 0.1) is 10.9 Å². The molecule has 136 valence electrons. The van der Waals surface area contributed by atoms with E-state index in [1.807, 2.05) is 45.5 Å². The molecule has 0 aliphatic carbocycles. The average Bonchev–Trinajstić information content (AvgIpc) is 3.11. The highest BCUT2D eigenvalue weighted by Gasteiger charge is 2.37. The Bertz CT molecular complexity index is 763. The van der Waals surface area contributed by atoms with Crippen LogP contribution in [0.15, 0.2) is 47.8 Å². The predicted octanol–water partition coefficient (Wildman–Crippen LogP) is 2.31. The molecule has 1 atom stereocenters. The maximum Gasteiger partial charge on any atom is 0.263 e. The van der Waals surface area contributed by atoms with Crippen LogP contribution in [0.25, 0.3) is 0 Å². The van der Waals surface area contributed by atoms with Crippen molar-refractivity contribution in [3.05, 3.63) is 58.3 Å². The molecule has 2 saturated heterocycles. The van der Waals surface area contributed by atoms with Crippen molar-refractivity contribution in [3.8, 4) is 0 Å². The number of rotatable bonds is 3. The Morgan fingerprint density at radius 1 is 1.00 bits per heavy atom. The van der Waals surface area contributed by atoms with E-state index in [1.54, 1.807) is 0 Å². The summed E-state index contributed by atoms with van der Waals surface area (Å²) in [7, 11) is 0. The summed E-state index contributed by atoms with van der Waals surface area (Å²) < 4.78 is 0. The zero-order valence-corrected chi connectivity index (χ0v) is 15.5. The SMILES string of the molecule is O=C(c1cccs1)N1CCC2C(=O)N(Cc3ccccc3)CCN2CC1. The summed E-state index contributed by atoms with van der Waals surface area (Å²) in [4.78, 5) is 32.5. The third kappa shape index (κ3) is 3.52. The normalized spacial score (nSPS) is 21.4. The van der Waals surface area contributed by atoms with E-state index < -0.39 is 0 Å². The van der Waals surface area contributed by atoms with Crippen LogP contribution in [0.5, 0.6) is 0 Å². The number of thiophene rings is 1. The molecule has 1 aromatic carbocycles. The summed E-state index contributed by atoms with van der Waals surface area (Å²) in [5.74, 6) is 0.291. The lowest BCUT2D eigenvalue weighted by molar-refractivity contribution is -0.142. The second-order valence-corrected chi connectivity index (χ2v) is 7.80. The summed E-state index contributed by atoms with van der Waals surface area (Å²) in [6.07, 6.45) is 0.710. The van der Waals surface area contributed by atoms with Crippen LogP contribution < -0.4 is 0 Å². The van der Waals surface area contributed by atoms with Gasteiger partial charge in [-0.2, -0.15) is 0 Å². The van der Waals surface area contributed by atoms with Crippen LogP contribution in [0.4, 0.5) is 0 Å². The van der Waals surface area contributed by atoms with E-state index >= 15 is 0 Å². The molecule has 2 amide bonds. The maximum atomic E-state index is 13.0. The van der Waals surface area contributed by atoms with Crippen molar-refractivity contribution in [2.45, 2.75) is 19.0 Å². The molecule has 5 nitrogen and oxygen atoms in total. The van der Waals surface area contributed by atoms with E-state index in [0.29, 0.717) is 26.1 Å². The van der Waals surface area contributed by atoms with Gasteiger partial charge in [0, 0.05) is 39.3 Å². The van der Waals surface area contributed by atoms with Gasteiger partial charge in [-0.25, -0.2) is 0 Å². The fraction of sp³-hybridized carbons (Fsp3) is 0.400. The predicted molar refractivity (Wildman–Crippen MR) is 102 cm³/mol. The molecule has 6 heteroatoms. The van der Waals surface area contributed by atoms with Crippen LogP contribution >= 0.6 is 11.3 Å². The number of amides is 2. The molecule has 0 spiro atoms. The van der Waals surface area contributed by atoms with Gasteiger partial charge in [-0.05, 0) is 23.4 Å². The molecule has 1 unspecified atom stereocenters. The van der Waals surface area contributed by atoms with Crippen LogP contribution in [-0.2, 0) is 11.3 Å². The van der Waals surface area contributed by atoms with E-state index in [4.69, 9.17) is 0 Å². The van der Waals surface area contributed by atoms with Gasteiger partial charge in [0.25, 0.3) is 5.91 Å². The van der Waals surface area contributed by atoms with E-state index in [1.165, 1.54) is 11.3 Å². The summed E-state index contributed by atoms with van der Waals surface area (Å²) in [5, 5.41) is 1.93. The zero-order valence-electron chi connectivity index (χ0n) is 14.7. The molecule has 0 N–H and O–H groups in total. The van der Waals surface area contributed by atoms with Crippen LogP contribution in [0.1, 0.15) is 21.7 Å². The number of piperazine rings is 1. The third-order valence-electron chi connectivity index (χ3n) is 5.26. The van der Waals surface area contributed by atoms with Gasteiger partial charge in [0.2, 0.25) is 5.91 Å². The summed E-state index contributed by atoms with van der Waals surface area (Å²) in [5.41, 5.74) is 1.16. The molecule has 2 aliphatic heterocycles. The molecule has 3 heterocycles. The molecule has 0 saturated carbocycles. The molecule has 4 rings (SSSR count). The Hall–Kier alpha value is -2.18. The highest BCUT2D eigenvalue weighted by atomic mass is 32.1. The molecule has 2 aromatic rings. The summed E-state index contributed by atoms with van der Waals surface area (Å²) >= 11 is 1.48. The minimum Gasteiger partial charge on any atom is -0.337 e. The van der Waals surface area contributed by atoms with Gasteiger partial charge in [0.1, 0.15) is 0 Å². The summed E-state index contributed by atoms with van der Waals surface area (Å²) in [6.45, 7) is 4.41. The van der Waals surface area contributed by atoms with E-state index in [9.17, 15) is 9.59 Å².